The summed E-state index contributed by atoms with van der Waals surface area (Å²) in [7, 11) is 0. The molecule has 2 nitrogen and oxygen atoms in total. The van der Waals surface area contributed by atoms with Gasteiger partial charge in [0.05, 0.1) is 5.92 Å². The fourth-order valence-electron chi connectivity index (χ4n) is 8.63. The predicted octanol–water partition coefficient (Wildman–Crippen LogP) is 8.60. The topological polar surface area (TPSA) is 26.3 Å². The molecule has 33 heavy (non-hydrogen) atoms. The van der Waals surface area contributed by atoms with Crippen LogP contribution in [0.15, 0.2) is 11.6 Å². The summed E-state index contributed by atoms with van der Waals surface area (Å²) in [6.45, 7) is 16.3. The quantitative estimate of drug-likeness (QED) is 0.283. The minimum Gasteiger partial charge on any atom is -0.462 e. The Morgan fingerprint density at radius 2 is 1.79 bits per heavy atom. The van der Waals surface area contributed by atoms with E-state index in [1.165, 1.54) is 57.8 Å². The molecule has 0 N–H and O–H groups in total. The number of esters is 1. The average Bonchev–Trinajstić information content (AvgIpc) is 3.10. The lowest BCUT2D eigenvalue weighted by atomic mass is 9.47. The van der Waals surface area contributed by atoms with E-state index in [0.717, 1.165) is 48.3 Å². The molecule has 0 saturated heterocycles. The second kappa shape index (κ2) is 9.69. The highest BCUT2D eigenvalue weighted by Gasteiger charge is 2.58. The molecular formula is C31H52O2. The third kappa shape index (κ3) is 4.71. The zero-order valence-corrected chi connectivity index (χ0v) is 22.8. The summed E-state index contributed by atoms with van der Waals surface area (Å²) in [5.74, 6) is 5.24. The van der Waals surface area contributed by atoms with Crippen LogP contribution >= 0.6 is 0 Å². The summed E-state index contributed by atoms with van der Waals surface area (Å²) >= 11 is 0. The first-order valence-electron chi connectivity index (χ1n) is 14.5. The Bertz CT molecular complexity index is 735. The van der Waals surface area contributed by atoms with Crippen LogP contribution in [0.25, 0.3) is 0 Å². The van der Waals surface area contributed by atoms with Crippen LogP contribution in [0.2, 0.25) is 0 Å². The second-order valence-corrected chi connectivity index (χ2v) is 13.7. The molecule has 3 saturated carbocycles. The van der Waals surface area contributed by atoms with E-state index in [-0.39, 0.29) is 18.0 Å². The highest BCUT2D eigenvalue weighted by atomic mass is 16.5. The first-order valence-corrected chi connectivity index (χ1v) is 14.5. The van der Waals surface area contributed by atoms with Crippen molar-refractivity contribution in [2.24, 2.45) is 52.3 Å². The van der Waals surface area contributed by atoms with E-state index < -0.39 is 0 Å². The lowest BCUT2D eigenvalue weighted by molar-refractivity contribution is -0.155. The number of rotatable bonds is 7. The van der Waals surface area contributed by atoms with Gasteiger partial charge in [0.25, 0.3) is 0 Å². The molecule has 4 aliphatic carbocycles. The first-order chi connectivity index (χ1) is 15.6. The molecule has 0 aromatic heterocycles. The Morgan fingerprint density at radius 3 is 2.48 bits per heavy atom. The Labute approximate surface area is 204 Å². The minimum atomic E-state index is -0.0251. The summed E-state index contributed by atoms with van der Waals surface area (Å²) in [6, 6.07) is 0. The molecule has 8 unspecified atom stereocenters. The van der Waals surface area contributed by atoms with Gasteiger partial charge in [0.2, 0.25) is 0 Å². The smallest absolute Gasteiger partial charge is 0.308 e. The fourth-order valence-corrected chi connectivity index (χ4v) is 8.63. The van der Waals surface area contributed by atoms with Crippen molar-refractivity contribution in [1.29, 1.82) is 0 Å². The van der Waals surface area contributed by atoms with E-state index in [9.17, 15) is 4.79 Å². The number of fused-ring (bicyclic) bond motifs is 5. The molecule has 0 aliphatic heterocycles. The Morgan fingerprint density at radius 1 is 1.03 bits per heavy atom. The molecule has 4 rings (SSSR count). The number of hydrogen-bond acceptors (Lipinski definition) is 2. The van der Waals surface area contributed by atoms with E-state index in [4.69, 9.17) is 4.74 Å². The van der Waals surface area contributed by atoms with Crippen LogP contribution in [0.4, 0.5) is 0 Å². The van der Waals surface area contributed by atoms with E-state index in [0.29, 0.717) is 10.8 Å². The summed E-state index contributed by atoms with van der Waals surface area (Å²) in [4.78, 5) is 12.2. The molecule has 188 valence electrons. The fraction of sp³-hybridized carbons (Fsp3) is 0.903. The molecule has 0 aromatic rings. The summed E-state index contributed by atoms with van der Waals surface area (Å²) < 4.78 is 5.87. The number of carbonyl (C=O) groups is 1. The molecule has 0 spiro atoms. The van der Waals surface area contributed by atoms with Crippen LogP contribution < -0.4 is 0 Å². The van der Waals surface area contributed by atoms with Gasteiger partial charge in [-0.1, -0.05) is 73.0 Å². The Kier molecular flexibility index (Phi) is 7.43. The Hall–Kier alpha value is -0.790. The van der Waals surface area contributed by atoms with Gasteiger partial charge in [-0.3, -0.25) is 4.79 Å². The summed E-state index contributed by atoms with van der Waals surface area (Å²) in [6.07, 6.45) is 17.3. The predicted molar refractivity (Wildman–Crippen MR) is 138 cm³/mol. The van der Waals surface area contributed by atoms with Gasteiger partial charge < -0.3 is 4.74 Å². The maximum Gasteiger partial charge on any atom is 0.308 e. The molecule has 2 heteroatoms. The van der Waals surface area contributed by atoms with Gasteiger partial charge in [-0.15, -0.1) is 0 Å². The van der Waals surface area contributed by atoms with Crippen LogP contribution in [0.3, 0.4) is 0 Å². The van der Waals surface area contributed by atoms with Crippen LogP contribution in [0.1, 0.15) is 119 Å². The van der Waals surface area contributed by atoms with E-state index in [1.54, 1.807) is 5.57 Å². The third-order valence-electron chi connectivity index (χ3n) is 11.4. The maximum atomic E-state index is 12.2. The molecule has 3 fully saturated rings. The van der Waals surface area contributed by atoms with Crippen molar-refractivity contribution in [2.45, 2.75) is 125 Å². The number of carbonyl (C=O) groups excluding carboxylic acids is 1. The maximum absolute atomic E-state index is 12.2. The molecule has 0 bridgehead atoms. The van der Waals surface area contributed by atoms with Crippen LogP contribution in [0.5, 0.6) is 0 Å². The highest BCUT2D eigenvalue weighted by molar-refractivity contribution is 5.71. The number of hydrogen-bond donors (Lipinski definition) is 0. The van der Waals surface area contributed by atoms with Crippen molar-refractivity contribution in [3.63, 3.8) is 0 Å². The van der Waals surface area contributed by atoms with Gasteiger partial charge in [0.15, 0.2) is 0 Å². The molecule has 0 radical (unpaired) electrons. The van der Waals surface area contributed by atoms with Gasteiger partial charge >= 0.3 is 5.97 Å². The van der Waals surface area contributed by atoms with Crippen molar-refractivity contribution in [1.82, 2.24) is 0 Å². The van der Waals surface area contributed by atoms with Gasteiger partial charge in [-0.25, -0.2) is 0 Å². The molecule has 0 amide bonds. The third-order valence-corrected chi connectivity index (χ3v) is 11.4. The zero-order chi connectivity index (χ0) is 24.0. The molecule has 4 aliphatic rings. The first kappa shape index (κ1) is 25.3. The van der Waals surface area contributed by atoms with Crippen molar-refractivity contribution < 1.29 is 9.53 Å². The SMILES string of the molecule is CC(C)C(=O)OC1CCC2(C)C(=CCC3C2CCC2(C)C(CCCC(C)C(C)C)CCC32)C1. The van der Waals surface area contributed by atoms with Crippen molar-refractivity contribution in [3.05, 3.63) is 11.6 Å². The molecule has 0 heterocycles. The van der Waals surface area contributed by atoms with Gasteiger partial charge in [0, 0.05) is 6.42 Å². The van der Waals surface area contributed by atoms with Crippen LogP contribution in [-0.2, 0) is 9.53 Å². The van der Waals surface area contributed by atoms with Crippen molar-refractivity contribution in [2.75, 3.05) is 0 Å². The second-order valence-electron chi connectivity index (χ2n) is 13.7. The lowest BCUT2D eigenvalue weighted by Gasteiger charge is -2.58. The largest absolute Gasteiger partial charge is 0.462 e. The van der Waals surface area contributed by atoms with Gasteiger partial charge in [0.1, 0.15) is 6.10 Å². The Balaban J connectivity index is 1.41. The number of ether oxygens (including phenoxy) is 1. The van der Waals surface area contributed by atoms with E-state index >= 15 is 0 Å². The van der Waals surface area contributed by atoms with Gasteiger partial charge in [-0.05, 0) is 97.7 Å². The monoisotopic (exact) mass is 456 g/mol. The van der Waals surface area contributed by atoms with Crippen molar-refractivity contribution in [3.8, 4) is 0 Å². The normalized spacial score (nSPS) is 41.2. The van der Waals surface area contributed by atoms with E-state index in [2.05, 4.69) is 40.7 Å². The lowest BCUT2D eigenvalue weighted by Crippen LogP contribution is -2.50. The minimum absolute atomic E-state index is 0.0221. The average molecular weight is 457 g/mol. The number of allylic oxidation sites excluding steroid dienone is 1. The van der Waals surface area contributed by atoms with Gasteiger partial charge in [-0.2, -0.15) is 0 Å². The van der Waals surface area contributed by atoms with Crippen LogP contribution in [0, 0.1) is 52.3 Å². The van der Waals surface area contributed by atoms with E-state index in [1.807, 2.05) is 13.8 Å². The zero-order valence-electron chi connectivity index (χ0n) is 22.8. The summed E-state index contributed by atoms with van der Waals surface area (Å²) in [5, 5.41) is 0. The standard InChI is InChI=1S/C31H52O2/c1-20(2)22(5)9-8-10-23-12-14-27-26-13-11-24-19-25(33-29(32)21(3)4)15-17-31(24,7)28(26)16-18-30(23,27)6/h11,20-23,25-28H,8-10,12-19H2,1-7H3. The molecular weight excluding hydrogens is 404 g/mol. The molecule has 0 aromatic carbocycles. The summed E-state index contributed by atoms with van der Waals surface area (Å²) in [5.41, 5.74) is 2.54. The van der Waals surface area contributed by atoms with Crippen LogP contribution in [-0.4, -0.2) is 12.1 Å². The molecule has 8 atom stereocenters. The highest BCUT2D eigenvalue weighted by Crippen LogP contribution is 2.66. The van der Waals surface area contributed by atoms with Crippen molar-refractivity contribution >= 4 is 5.97 Å².